The molecule has 0 aromatic heterocycles. The molecule has 0 radical (unpaired) electrons. The summed E-state index contributed by atoms with van der Waals surface area (Å²) in [7, 11) is 0. The standard InChI is InChI=1S/C37H58N10O9S/c38-37(39)43-19-9-13-25-33(53)42-20-15-31(50)44-28(23-32(51)52)36(56)47-27(22-24-10-3-1-4-11-24)35(55)46-26(34(54)45-25)12-6-8-18-40-29(48)14-5-2-7-17-41-30(49)16-21-57/h1,3-4,10-11,25-28,57H,2,5-9,12-23H2,(H,40,48)(H,41,49)(H,42,53)(H,44,50)(H,45,54)(H,46,55)(H,47,56)(H,51,52)(H4,38,39,43)/t25?,26-,27?,28-/m0/s1. The van der Waals surface area contributed by atoms with Gasteiger partial charge in [0.25, 0.3) is 0 Å². The van der Waals surface area contributed by atoms with Gasteiger partial charge in [-0.25, -0.2) is 0 Å². The van der Waals surface area contributed by atoms with Crippen molar-refractivity contribution in [1.29, 1.82) is 0 Å². The highest BCUT2D eigenvalue weighted by Crippen LogP contribution is 2.10. The molecule has 1 fully saturated rings. The van der Waals surface area contributed by atoms with Crippen molar-refractivity contribution in [2.24, 2.45) is 16.5 Å². The molecule has 19 nitrogen and oxygen atoms in total. The zero-order valence-corrected chi connectivity index (χ0v) is 33.1. The lowest BCUT2D eigenvalue weighted by Gasteiger charge is -2.27. The Hall–Kier alpha value is -5.40. The number of aliphatic carboxylic acids is 1. The van der Waals surface area contributed by atoms with E-state index < -0.39 is 66.1 Å². The van der Waals surface area contributed by atoms with Crippen LogP contribution in [0.25, 0.3) is 0 Å². The minimum atomic E-state index is -1.54. The van der Waals surface area contributed by atoms with Gasteiger partial charge >= 0.3 is 5.97 Å². The number of benzene rings is 1. The third-order valence-electron chi connectivity index (χ3n) is 8.79. The SMILES string of the molecule is NC(N)=NCCCC1NC(=O)[C@H](CCCCNC(=O)CCCCCNC(=O)CCS)NC(=O)C(Cc2ccccc2)NC(=O)[C@H](CC(=O)O)NC(=O)CCNC1=O. The minimum Gasteiger partial charge on any atom is -0.481 e. The van der Waals surface area contributed by atoms with Crippen LogP contribution in [-0.2, 0) is 44.8 Å². The Bertz CT molecular complexity index is 1530. The molecule has 0 saturated carbocycles. The van der Waals surface area contributed by atoms with Gasteiger partial charge in [0.15, 0.2) is 5.96 Å². The molecule has 1 aliphatic heterocycles. The molecule has 1 aliphatic rings. The number of nitrogens with zero attached hydrogens (tertiary/aromatic N) is 1. The summed E-state index contributed by atoms with van der Waals surface area (Å²) in [6, 6.07) is 3.56. The van der Waals surface area contributed by atoms with Crippen LogP contribution in [0, 0.1) is 0 Å². The van der Waals surface area contributed by atoms with Crippen LogP contribution in [-0.4, -0.2) is 114 Å². The van der Waals surface area contributed by atoms with E-state index in [0.717, 1.165) is 12.8 Å². The summed E-state index contributed by atoms with van der Waals surface area (Å²) < 4.78 is 0. The number of carboxylic acids is 1. The molecule has 4 atom stereocenters. The summed E-state index contributed by atoms with van der Waals surface area (Å²) in [4.78, 5) is 107. The molecular weight excluding hydrogens is 761 g/mol. The number of guanidine groups is 1. The van der Waals surface area contributed by atoms with E-state index in [4.69, 9.17) is 11.5 Å². The van der Waals surface area contributed by atoms with Gasteiger partial charge in [0.2, 0.25) is 41.4 Å². The molecule has 2 unspecified atom stereocenters. The molecule has 0 aliphatic carbocycles. The second-order valence-electron chi connectivity index (χ2n) is 13.6. The van der Waals surface area contributed by atoms with Crippen LogP contribution in [0.15, 0.2) is 35.3 Å². The fraction of sp³-hybridized carbons (Fsp3) is 0.595. The maximum atomic E-state index is 13.9. The number of carbonyl (C=O) groups is 8. The molecule has 0 spiro atoms. The number of nitrogens with two attached hydrogens (primary N) is 2. The van der Waals surface area contributed by atoms with Gasteiger partial charge in [-0.3, -0.25) is 43.3 Å². The minimum absolute atomic E-state index is 0.0347. The molecular formula is C37H58N10O9S. The number of carboxylic acid groups (broad SMARTS) is 1. The van der Waals surface area contributed by atoms with E-state index >= 15 is 0 Å². The van der Waals surface area contributed by atoms with Crippen molar-refractivity contribution in [2.45, 2.75) is 108 Å². The average Bonchev–Trinajstić information content (AvgIpc) is 3.15. The average molecular weight is 819 g/mol. The maximum absolute atomic E-state index is 13.9. The number of aliphatic imine (C=N–C) groups is 1. The van der Waals surface area contributed by atoms with E-state index in [2.05, 4.69) is 54.8 Å². The first kappa shape index (κ1) is 47.8. The van der Waals surface area contributed by atoms with Crippen molar-refractivity contribution in [3.05, 3.63) is 35.9 Å². The van der Waals surface area contributed by atoms with Crippen LogP contribution in [0.2, 0.25) is 0 Å². The second-order valence-corrected chi connectivity index (χ2v) is 14.0. The summed E-state index contributed by atoms with van der Waals surface area (Å²) in [5.74, 6) is -4.96. The van der Waals surface area contributed by atoms with Crippen LogP contribution in [0.3, 0.4) is 0 Å². The number of rotatable bonds is 21. The quantitative estimate of drug-likeness (QED) is 0.0294. The van der Waals surface area contributed by atoms with E-state index in [-0.39, 0.29) is 56.5 Å². The van der Waals surface area contributed by atoms with Gasteiger partial charge < -0.3 is 53.8 Å². The van der Waals surface area contributed by atoms with E-state index in [1.54, 1.807) is 30.3 Å². The molecule has 7 amide bonds. The second kappa shape index (κ2) is 27.2. The number of hydrogen-bond donors (Lipinski definition) is 11. The third kappa shape index (κ3) is 20.9. The predicted molar refractivity (Wildman–Crippen MR) is 214 cm³/mol. The zero-order chi connectivity index (χ0) is 42.0. The highest BCUT2D eigenvalue weighted by atomic mass is 32.1. The van der Waals surface area contributed by atoms with Gasteiger partial charge in [-0.2, -0.15) is 12.6 Å². The summed E-state index contributed by atoms with van der Waals surface area (Å²) in [6.45, 7) is 0.812. The van der Waals surface area contributed by atoms with E-state index in [1.807, 2.05) is 0 Å². The van der Waals surface area contributed by atoms with Crippen molar-refractivity contribution >= 4 is 65.9 Å². The van der Waals surface area contributed by atoms with E-state index in [9.17, 15) is 43.5 Å². The Labute approximate surface area is 337 Å². The van der Waals surface area contributed by atoms with Crippen molar-refractivity contribution in [2.75, 3.05) is 31.9 Å². The lowest BCUT2D eigenvalue weighted by molar-refractivity contribution is -0.141. The largest absolute Gasteiger partial charge is 0.481 e. The number of thiol groups is 1. The molecule has 1 aromatic rings. The molecule has 316 valence electrons. The zero-order valence-electron chi connectivity index (χ0n) is 32.2. The molecule has 2 rings (SSSR count). The molecule has 57 heavy (non-hydrogen) atoms. The Morgan fingerprint density at radius 1 is 0.719 bits per heavy atom. The molecule has 0 bridgehead atoms. The van der Waals surface area contributed by atoms with Gasteiger partial charge in [-0.05, 0) is 56.3 Å². The molecule has 1 aromatic carbocycles. The monoisotopic (exact) mass is 818 g/mol. The van der Waals surface area contributed by atoms with Crippen molar-refractivity contribution < 1.29 is 43.5 Å². The number of nitrogens with one attached hydrogen (secondary N) is 7. The van der Waals surface area contributed by atoms with Crippen LogP contribution >= 0.6 is 12.6 Å². The van der Waals surface area contributed by atoms with Gasteiger partial charge in [0, 0.05) is 51.9 Å². The number of unbranched alkanes of at least 4 members (excludes halogenated alkanes) is 3. The first-order valence-electron chi connectivity index (χ1n) is 19.2. The highest BCUT2D eigenvalue weighted by molar-refractivity contribution is 7.80. The van der Waals surface area contributed by atoms with Crippen LogP contribution in [0.1, 0.15) is 82.6 Å². The first-order valence-corrected chi connectivity index (χ1v) is 19.9. The Morgan fingerprint density at radius 3 is 1.95 bits per heavy atom. The first-order chi connectivity index (χ1) is 27.3. The van der Waals surface area contributed by atoms with Gasteiger partial charge in [-0.1, -0.05) is 36.8 Å². The van der Waals surface area contributed by atoms with Crippen LogP contribution in [0.5, 0.6) is 0 Å². The Kier molecular flexibility index (Phi) is 22.8. The topological polar surface area (TPSA) is 305 Å². The van der Waals surface area contributed by atoms with Crippen LogP contribution < -0.4 is 48.7 Å². The smallest absolute Gasteiger partial charge is 0.305 e. The van der Waals surface area contributed by atoms with Gasteiger partial charge in [0.1, 0.15) is 24.2 Å². The lowest BCUT2D eigenvalue weighted by Crippen LogP contribution is -2.59. The van der Waals surface area contributed by atoms with Crippen molar-refractivity contribution in [1.82, 2.24) is 37.2 Å². The van der Waals surface area contributed by atoms with Crippen molar-refractivity contribution in [3.63, 3.8) is 0 Å². The number of hydrogen-bond acceptors (Lipinski definition) is 10. The lowest BCUT2D eigenvalue weighted by atomic mass is 10.0. The maximum Gasteiger partial charge on any atom is 0.305 e. The summed E-state index contributed by atoms with van der Waals surface area (Å²) in [5, 5.41) is 28.1. The highest BCUT2D eigenvalue weighted by Gasteiger charge is 2.32. The Morgan fingerprint density at radius 2 is 1.30 bits per heavy atom. The normalized spacial score (nSPS) is 19.5. The fourth-order valence-electron chi connectivity index (χ4n) is 5.78. The summed E-state index contributed by atoms with van der Waals surface area (Å²) in [6.07, 6.45) is 3.01. The Balaban J connectivity index is 2.22. The molecule has 12 N–H and O–H groups in total. The fourth-order valence-corrected chi connectivity index (χ4v) is 5.99. The van der Waals surface area contributed by atoms with Gasteiger partial charge in [0.05, 0.1) is 6.42 Å². The number of amides is 7. The van der Waals surface area contributed by atoms with E-state index in [0.29, 0.717) is 62.9 Å². The number of carbonyl (C=O) groups excluding carboxylic acids is 7. The summed E-state index contributed by atoms with van der Waals surface area (Å²) >= 11 is 4.03. The predicted octanol–water partition coefficient (Wildman–Crippen LogP) is -1.50. The molecule has 1 saturated heterocycles. The molecule has 1 heterocycles. The van der Waals surface area contributed by atoms with Gasteiger partial charge in [-0.15, -0.1) is 0 Å². The summed E-state index contributed by atoms with van der Waals surface area (Å²) in [5.41, 5.74) is 11.5. The van der Waals surface area contributed by atoms with Crippen molar-refractivity contribution in [3.8, 4) is 0 Å². The van der Waals surface area contributed by atoms with E-state index in [1.165, 1.54) is 0 Å². The third-order valence-corrected chi connectivity index (χ3v) is 9.02. The molecule has 20 heteroatoms. The van der Waals surface area contributed by atoms with Crippen LogP contribution in [0.4, 0.5) is 0 Å².